The predicted molar refractivity (Wildman–Crippen MR) is 80.7 cm³/mol. The average molecular weight is 260 g/mol. The molecule has 0 radical (unpaired) electrons. The highest BCUT2D eigenvalue weighted by Gasteiger charge is 2.28. The van der Waals surface area contributed by atoms with Gasteiger partial charge in [0.2, 0.25) is 0 Å². The lowest BCUT2D eigenvalue weighted by molar-refractivity contribution is 0.0514. The third-order valence-corrected chi connectivity index (χ3v) is 6.87. The van der Waals surface area contributed by atoms with Gasteiger partial charge in [0.15, 0.2) is 0 Å². The lowest BCUT2D eigenvalue weighted by Crippen LogP contribution is -2.40. The molecule has 2 rings (SSSR count). The van der Waals surface area contributed by atoms with Gasteiger partial charge in [0.25, 0.3) is 0 Å². The SMILES string of the molecule is C[Si](C)(/C=C/C1(O)CCCCC1)c1ccccc1. The van der Waals surface area contributed by atoms with E-state index in [1.165, 1.54) is 11.6 Å². The van der Waals surface area contributed by atoms with E-state index in [0.717, 1.165) is 25.7 Å². The van der Waals surface area contributed by atoms with E-state index in [-0.39, 0.29) is 0 Å². The van der Waals surface area contributed by atoms with Gasteiger partial charge in [0.05, 0.1) is 5.60 Å². The van der Waals surface area contributed by atoms with E-state index < -0.39 is 13.7 Å². The Morgan fingerprint density at radius 1 is 1.06 bits per heavy atom. The van der Waals surface area contributed by atoms with Gasteiger partial charge < -0.3 is 5.11 Å². The molecule has 0 unspecified atom stereocenters. The van der Waals surface area contributed by atoms with Crippen LogP contribution in [0.1, 0.15) is 32.1 Å². The summed E-state index contributed by atoms with van der Waals surface area (Å²) < 4.78 is 0. The molecule has 1 nitrogen and oxygen atoms in total. The summed E-state index contributed by atoms with van der Waals surface area (Å²) in [5.41, 5.74) is 1.78. The van der Waals surface area contributed by atoms with Crippen LogP contribution in [0.3, 0.4) is 0 Å². The Morgan fingerprint density at radius 3 is 2.28 bits per heavy atom. The molecule has 1 aliphatic rings. The summed E-state index contributed by atoms with van der Waals surface area (Å²) in [5, 5.41) is 11.9. The van der Waals surface area contributed by atoms with E-state index in [0.29, 0.717) is 0 Å². The van der Waals surface area contributed by atoms with E-state index in [1.807, 2.05) is 0 Å². The number of hydrogen-bond donors (Lipinski definition) is 1. The molecule has 1 aromatic carbocycles. The fraction of sp³-hybridized carbons (Fsp3) is 0.500. The highest BCUT2D eigenvalue weighted by Crippen LogP contribution is 2.29. The Labute approximate surface area is 112 Å². The standard InChI is InChI=1S/C16H24OSi/c1-18(2,15-9-5-3-6-10-15)14-13-16(17)11-7-4-8-12-16/h3,5-6,9-10,13-14,17H,4,7-8,11-12H2,1-2H3/b14-13+. The fourth-order valence-electron chi connectivity index (χ4n) is 2.66. The molecule has 1 aromatic rings. The van der Waals surface area contributed by atoms with Crippen molar-refractivity contribution in [2.75, 3.05) is 0 Å². The Balaban J connectivity index is 2.12. The van der Waals surface area contributed by atoms with Crippen LogP contribution in [0.5, 0.6) is 0 Å². The maximum absolute atomic E-state index is 10.5. The van der Waals surface area contributed by atoms with Crippen molar-refractivity contribution in [3.8, 4) is 0 Å². The summed E-state index contributed by atoms with van der Waals surface area (Å²) in [5.74, 6) is 0. The first-order valence-electron chi connectivity index (χ1n) is 7.00. The second kappa shape index (κ2) is 5.41. The van der Waals surface area contributed by atoms with Gasteiger partial charge in [-0.1, -0.05) is 79.7 Å². The van der Waals surface area contributed by atoms with Crippen molar-refractivity contribution in [2.24, 2.45) is 0 Å². The molecular weight excluding hydrogens is 236 g/mol. The van der Waals surface area contributed by atoms with E-state index in [1.54, 1.807) is 0 Å². The summed E-state index contributed by atoms with van der Waals surface area (Å²) in [6.07, 6.45) is 7.56. The minimum atomic E-state index is -1.55. The Bertz CT molecular complexity index is 402. The maximum atomic E-state index is 10.5. The van der Waals surface area contributed by atoms with E-state index >= 15 is 0 Å². The van der Waals surface area contributed by atoms with Gasteiger partial charge >= 0.3 is 0 Å². The van der Waals surface area contributed by atoms with Gasteiger partial charge in [0.1, 0.15) is 8.07 Å². The van der Waals surface area contributed by atoms with Gasteiger partial charge in [-0.15, -0.1) is 0 Å². The largest absolute Gasteiger partial charge is 0.386 e. The number of benzene rings is 1. The number of aliphatic hydroxyl groups is 1. The first-order valence-corrected chi connectivity index (χ1v) is 10.1. The summed E-state index contributed by atoms with van der Waals surface area (Å²) in [4.78, 5) is 0. The predicted octanol–water partition coefficient (Wildman–Crippen LogP) is 3.39. The minimum Gasteiger partial charge on any atom is -0.386 e. The van der Waals surface area contributed by atoms with Crippen LogP contribution in [0.25, 0.3) is 0 Å². The Morgan fingerprint density at radius 2 is 1.67 bits per heavy atom. The molecule has 0 atom stereocenters. The van der Waals surface area contributed by atoms with E-state index in [4.69, 9.17) is 0 Å². The van der Waals surface area contributed by atoms with Crippen molar-refractivity contribution in [3.05, 3.63) is 42.1 Å². The second-order valence-electron chi connectivity index (χ2n) is 6.09. The van der Waals surface area contributed by atoms with Crippen LogP contribution in [-0.4, -0.2) is 18.8 Å². The van der Waals surface area contributed by atoms with Gasteiger partial charge in [-0.2, -0.15) is 0 Å². The molecule has 1 aliphatic carbocycles. The first-order chi connectivity index (χ1) is 8.52. The lowest BCUT2D eigenvalue weighted by atomic mass is 9.85. The molecule has 18 heavy (non-hydrogen) atoms. The molecule has 1 saturated carbocycles. The molecule has 0 saturated heterocycles. The maximum Gasteiger partial charge on any atom is 0.103 e. The average Bonchev–Trinajstić information content (AvgIpc) is 2.39. The quantitative estimate of drug-likeness (QED) is 0.826. The van der Waals surface area contributed by atoms with Crippen molar-refractivity contribution in [2.45, 2.75) is 50.8 Å². The highest BCUT2D eigenvalue weighted by atomic mass is 28.3. The van der Waals surface area contributed by atoms with Crippen molar-refractivity contribution in [3.63, 3.8) is 0 Å². The van der Waals surface area contributed by atoms with E-state index in [9.17, 15) is 5.11 Å². The van der Waals surface area contributed by atoms with Crippen LogP contribution in [0, 0.1) is 0 Å². The normalized spacial score (nSPS) is 20.2. The van der Waals surface area contributed by atoms with Gasteiger partial charge in [-0.05, 0) is 12.8 Å². The van der Waals surface area contributed by atoms with Crippen molar-refractivity contribution in [1.29, 1.82) is 0 Å². The molecule has 0 spiro atoms. The van der Waals surface area contributed by atoms with Crippen LogP contribution in [0.2, 0.25) is 13.1 Å². The van der Waals surface area contributed by atoms with Crippen LogP contribution < -0.4 is 5.19 Å². The molecule has 0 amide bonds. The van der Waals surface area contributed by atoms with Gasteiger partial charge in [-0.25, -0.2) is 0 Å². The molecule has 1 N–H and O–H groups in total. The zero-order chi connectivity index (χ0) is 13.1. The second-order valence-corrected chi connectivity index (χ2v) is 10.4. The molecule has 0 aliphatic heterocycles. The van der Waals surface area contributed by atoms with Gasteiger partial charge in [-0.3, -0.25) is 0 Å². The monoisotopic (exact) mass is 260 g/mol. The van der Waals surface area contributed by atoms with Gasteiger partial charge in [0, 0.05) is 0 Å². The van der Waals surface area contributed by atoms with Crippen LogP contribution >= 0.6 is 0 Å². The summed E-state index contributed by atoms with van der Waals surface area (Å²) in [6.45, 7) is 4.68. The molecule has 0 aromatic heterocycles. The zero-order valence-corrected chi connectivity index (χ0v) is 12.5. The van der Waals surface area contributed by atoms with Crippen molar-refractivity contribution >= 4 is 13.3 Å². The van der Waals surface area contributed by atoms with Crippen molar-refractivity contribution in [1.82, 2.24) is 0 Å². The molecule has 1 fully saturated rings. The Hall–Kier alpha value is -0.863. The van der Waals surface area contributed by atoms with E-state index in [2.05, 4.69) is 55.2 Å². The van der Waals surface area contributed by atoms with Crippen LogP contribution in [0.4, 0.5) is 0 Å². The zero-order valence-electron chi connectivity index (χ0n) is 11.5. The molecule has 98 valence electrons. The van der Waals surface area contributed by atoms with Crippen LogP contribution in [0.15, 0.2) is 42.1 Å². The molecule has 2 heteroatoms. The minimum absolute atomic E-state index is 0.530. The highest BCUT2D eigenvalue weighted by molar-refractivity contribution is 6.93. The van der Waals surface area contributed by atoms with Crippen LogP contribution in [-0.2, 0) is 0 Å². The third kappa shape index (κ3) is 3.33. The smallest absolute Gasteiger partial charge is 0.103 e. The van der Waals surface area contributed by atoms with Crippen molar-refractivity contribution < 1.29 is 5.11 Å². The summed E-state index contributed by atoms with van der Waals surface area (Å²) in [7, 11) is -1.55. The number of hydrogen-bond acceptors (Lipinski definition) is 1. The summed E-state index contributed by atoms with van der Waals surface area (Å²) >= 11 is 0. The molecule has 0 bridgehead atoms. The third-order valence-electron chi connectivity index (χ3n) is 4.05. The number of rotatable bonds is 3. The lowest BCUT2D eigenvalue weighted by Gasteiger charge is -2.30. The topological polar surface area (TPSA) is 20.2 Å². The fourth-order valence-corrected chi connectivity index (χ4v) is 4.63. The first kappa shape index (κ1) is 13.6. The molecule has 0 heterocycles. The Kier molecular flexibility index (Phi) is 4.08. The summed E-state index contributed by atoms with van der Waals surface area (Å²) in [6, 6.07) is 10.7. The molecular formula is C16H24OSi.